The Kier molecular flexibility index (Phi) is 3.95. The number of sulfonamides is 1. The highest BCUT2D eigenvalue weighted by atomic mass is 32.2. The lowest BCUT2D eigenvalue weighted by molar-refractivity contribution is 0.0697. The summed E-state index contributed by atoms with van der Waals surface area (Å²) in [6, 6.07) is 2.56. The Balaban J connectivity index is 2.26. The Labute approximate surface area is 121 Å². The lowest BCUT2D eigenvalue weighted by Crippen LogP contribution is -2.35. The number of aromatic carboxylic acids is 1. The van der Waals surface area contributed by atoms with Crippen LogP contribution in [0.25, 0.3) is 0 Å². The van der Waals surface area contributed by atoms with Gasteiger partial charge in [0.05, 0.1) is 22.8 Å². The van der Waals surface area contributed by atoms with Gasteiger partial charge in [0.2, 0.25) is 10.0 Å². The van der Waals surface area contributed by atoms with Crippen LogP contribution < -0.4 is 10.5 Å². The molecule has 0 aliphatic carbocycles. The van der Waals surface area contributed by atoms with Crippen molar-refractivity contribution in [3.05, 3.63) is 23.8 Å². The summed E-state index contributed by atoms with van der Waals surface area (Å²) in [6.45, 7) is 0. The number of nitrogens with one attached hydrogen (secondary N) is 1. The van der Waals surface area contributed by atoms with E-state index in [4.69, 9.17) is 10.8 Å². The molecule has 1 heterocycles. The number of carboxylic acid groups (broad SMARTS) is 1. The van der Waals surface area contributed by atoms with Crippen molar-refractivity contribution in [2.24, 2.45) is 0 Å². The first-order valence-electron chi connectivity index (χ1n) is 5.96. The van der Waals surface area contributed by atoms with Gasteiger partial charge in [-0.2, -0.15) is 0 Å². The number of rotatable bonds is 4. The number of nitrogen functional groups attached to an aromatic ring is 1. The van der Waals surface area contributed by atoms with Gasteiger partial charge in [-0.05, 0) is 24.6 Å². The number of anilines is 1. The zero-order valence-electron chi connectivity index (χ0n) is 10.8. The molecule has 8 nitrogen and oxygen atoms in total. The van der Waals surface area contributed by atoms with E-state index in [1.165, 1.54) is 0 Å². The summed E-state index contributed by atoms with van der Waals surface area (Å²) in [7, 11) is -7.21. The van der Waals surface area contributed by atoms with E-state index < -0.39 is 31.9 Å². The maximum Gasteiger partial charge on any atom is 0.335 e. The predicted molar refractivity (Wildman–Crippen MR) is 75.2 cm³/mol. The zero-order valence-corrected chi connectivity index (χ0v) is 12.4. The summed E-state index contributed by atoms with van der Waals surface area (Å²) in [4.78, 5) is 10.5. The molecule has 1 atom stereocenters. The minimum Gasteiger partial charge on any atom is -0.478 e. The van der Waals surface area contributed by atoms with Gasteiger partial charge in [-0.1, -0.05) is 0 Å². The standard InChI is InChI=1S/C11H14N2O6S2/c12-9-5-7(11(14)15)1-2-10(9)21(18,19)13-8-3-4-20(16,17)6-8/h1-2,5,8,13H,3-4,6,12H2,(H,14,15). The summed E-state index contributed by atoms with van der Waals surface area (Å²) in [6.07, 6.45) is 0.203. The molecule has 2 rings (SSSR count). The van der Waals surface area contributed by atoms with Crippen LogP contribution in [0.15, 0.2) is 23.1 Å². The number of hydrogen-bond donors (Lipinski definition) is 3. The van der Waals surface area contributed by atoms with Crippen LogP contribution in [0.3, 0.4) is 0 Å². The maximum absolute atomic E-state index is 12.2. The molecule has 1 aromatic rings. The molecule has 0 radical (unpaired) electrons. The molecule has 21 heavy (non-hydrogen) atoms. The lowest BCUT2D eigenvalue weighted by Gasteiger charge is -2.13. The van der Waals surface area contributed by atoms with Crippen molar-refractivity contribution < 1.29 is 26.7 Å². The third-order valence-corrected chi connectivity index (χ3v) is 6.46. The van der Waals surface area contributed by atoms with E-state index >= 15 is 0 Å². The quantitative estimate of drug-likeness (QED) is 0.626. The second-order valence-corrected chi connectivity index (χ2v) is 8.69. The third kappa shape index (κ3) is 3.52. The fourth-order valence-corrected chi connectivity index (χ4v) is 5.26. The van der Waals surface area contributed by atoms with Crippen LogP contribution in [0, 0.1) is 0 Å². The number of carbonyl (C=O) groups is 1. The lowest BCUT2D eigenvalue weighted by atomic mass is 10.2. The molecule has 0 aromatic heterocycles. The van der Waals surface area contributed by atoms with Crippen LogP contribution in [0.5, 0.6) is 0 Å². The van der Waals surface area contributed by atoms with E-state index in [-0.39, 0.29) is 34.1 Å². The summed E-state index contributed by atoms with van der Waals surface area (Å²) >= 11 is 0. The molecule has 1 aliphatic rings. The van der Waals surface area contributed by atoms with Gasteiger partial charge in [0, 0.05) is 6.04 Å². The SMILES string of the molecule is Nc1cc(C(=O)O)ccc1S(=O)(=O)NC1CCS(=O)(=O)C1. The van der Waals surface area contributed by atoms with Crippen molar-refractivity contribution in [3.63, 3.8) is 0 Å². The van der Waals surface area contributed by atoms with E-state index in [0.29, 0.717) is 0 Å². The Bertz CT molecular complexity index is 785. The van der Waals surface area contributed by atoms with Gasteiger partial charge in [-0.15, -0.1) is 0 Å². The smallest absolute Gasteiger partial charge is 0.335 e. The van der Waals surface area contributed by atoms with E-state index in [9.17, 15) is 21.6 Å². The summed E-state index contributed by atoms with van der Waals surface area (Å²) in [5.41, 5.74) is 5.24. The fourth-order valence-electron chi connectivity index (χ4n) is 2.10. The van der Waals surface area contributed by atoms with Crippen LogP contribution in [0.1, 0.15) is 16.8 Å². The highest BCUT2D eigenvalue weighted by molar-refractivity contribution is 7.92. The Morgan fingerprint density at radius 1 is 1.38 bits per heavy atom. The van der Waals surface area contributed by atoms with Crippen LogP contribution >= 0.6 is 0 Å². The first-order valence-corrected chi connectivity index (χ1v) is 9.27. The van der Waals surface area contributed by atoms with Crippen molar-refractivity contribution in [3.8, 4) is 0 Å². The van der Waals surface area contributed by atoms with E-state index in [1.54, 1.807) is 0 Å². The van der Waals surface area contributed by atoms with Crippen molar-refractivity contribution in [1.29, 1.82) is 0 Å². The van der Waals surface area contributed by atoms with Crippen LogP contribution in [0.4, 0.5) is 5.69 Å². The minimum atomic E-state index is -4.00. The average molecular weight is 334 g/mol. The highest BCUT2D eigenvalue weighted by Gasteiger charge is 2.32. The van der Waals surface area contributed by atoms with Crippen LogP contribution in [-0.2, 0) is 19.9 Å². The summed E-state index contributed by atoms with van der Waals surface area (Å²) in [5.74, 6) is -1.53. The van der Waals surface area contributed by atoms with Crippen molar-refractivity contribution in [2.75, 3.05) is 17.2 Å². The van der Waals surface area contributed by atoms with Gasteiger partial charge >= 0.3 is 5.97 Å². The van der Waals surface area contributed by atoms with Gasteiger partial charge < -0.3 is 10.8 Å². The van der Waals surface area contributed by atoms with Crippen LogP contribution in [0.2, 0.25) is 0 Å². The minimum absolute atomic E-state index is 0.0619. The molecule has 10 heteroatoms. The number of hydrogen-bond acceptors (Lipinski definition) is 6. The number of sulfone groups is 1. The first kappa shape index (κ1) is 15.7. The second kappa shape index (κ2) is 5.28. The van der Waals surface area contributed by atoms with Crippen molar-refractivity contribution in [1.82, 2.24) is 4.72 Å². The Hall–Kier alpha value is -1.65. The molecule has 1 aliphatic heterocycles. The Morgan fingerprint density at radius 2 is 2.05 bits per heavy atom. The molecule has 1 aromatic carbocycles. The molecule has 0 bridgehead atoms. The molecular weight excluding hydrogens is 320 g/mol. The van der Waals surface area contributed by atoms with Gasteiger partial charge in [0.1, 0.15) is 4.90 Å². The van der Waals surface area contributed by atoms with Crippen molar-refractivity contribution >= 4 is 31.5 Å². The molecule has 0 spiro atoms. The number of benzene rings is 1. The average Bonchev–Trinajstić information content (AvgIpc) is 2.67. The molecule has 1 unspecified atom stereocenters. The molecule has 0 saturated carbocycles. The summed E-state index contributed by atoms with van der Waals surface area (Å²) in [5, 5.41) is 8.80. The maximum atomic E-state index is 12.2. The number of carboxylic acids is 1. The Morgan fingerprint density at radius 3 is 2.52 bits per heavy atom. The molecular formula is C11H14N2O6S2. The summed E-state index contributed by atoms with van der Waals surface area (Å²) < 4.78 is 49.3. The number of nitrogens with two attached hydrogens (primary N) is 1. The van der Waals surface area contributed by atoms with Crippen molar-refractivity contribution in [2.45, 2.75) is 17.4 Å². The topological polar surface area (TPSA) is 144 Å². The molecule has 1 saturated heterocycles. The van der Waals surface area contributed by atoms with E-state index in [2.05, 4.69) is 4.72 Å². The first-order chi connectivity index (χ1) is 9.61. The van der Waals surface area contributed by atoms with Gasteiger partial charge in [0.15, 0.2) is 9.84 Å². The van der Waals surface area contributed by atoms with Gasteiger partial charge in [-0.25, -0.2) is 26.4 Å². The van der Waals surface area contributed by atoms with E-state index in [1.807, 2.05) is 0 Å². The normalized spacial score (nSPS) is 21.2. The van der Waals surface area contributed by atoms with E-state index in [0.717, 1.165) is 18.2 Å². The van der Waals surface area contributed by atoms with Crippen LogP contribution in [-0.4, -0.2) is 45.5 Å². The van der Waals surface area contributed by atoms with Gasteiger partial charge in [-0.3, -0.25) is 0 Å². The monoisotopic (exact) mass is 334 g/mol. The molecule has 116 valence electrons. The largest absolute Gasteiger partial charge is 0.478 e. The third-order valence-electron chi connectivity index (χ3n) is 3.10. The molecule has 4 N–H and O–H groups in total. The zero-order chi connectivity index (χ0) is 15.8. The highest BCUT2D eigenvalue weighted by Crippen LogP contribution is 2.22. The molecule has 1 fully saturated rings. The fraction of sp³-hybridized carbons (Fsp3) is 0.364. The second-order valence-electron chi connectivity index (χ2n) is 4.78. The molecule has 0 amide bonds. The predicted octanol–water partition coefficient (Wildman–Crippen LogP) is -0.568. The van der Waals surface area contributed by atoms with Gasteiger partial charge in [0.25, 0.3) is 0 Å².